The zero-order valence-electron chi connectivity index (χ0n) is 10.8. The number of hydrogen-bond donors (Lipinski definition) is 2. The third kappa shape index (κ3) is 5.76. The summed E-state index contributed by atoms with van der Waals surface area (Å²) in [6, 6.07) is 3.01. The first-order valence-electron chi connectivity index (χ1n) is 5.98. The monoisotopic (exact) mass is 272 g/mol. The van der Waals surface area contributed by atoms with Crippen molar-refractivity contribution >= 4 is 5.91 Å². The van der Waals surface area contributed by atoms with Gasteiger partial charge in [-0.25, -0.2) is 8.78 Å². The summed E-state index contributed by atoms with van der Waals surface area (Å²) in [5.74, 6) is -1.70. The summed E-state index contributed by atoms with van der Waals surface area (Å²) in [5, 5.41) is 2.63. The highest BCUT2D eigenvalue weighted by atomic mass is 19.1. The minimum atomic E-state index is -0.716. The van der Waals surface area contributed by atoms with Crippen LogP contribution in [-0.4, -0.2) is 32.2 Å². The highest BCUT2D eigenvalue weighted by Crippen LogP contribution is 2.09. The highest BCUT2D eigenvalue weighted by molar-refractivity contribution is 5.78. The lowest BCUT2D eigenvalue weighted by Crippen LogP contribution is -2.33. The van der Waals surface area contributed by atoms with Gasteiger partial charge in [0.2, 0.25) is 5.91 Å². The Morgan fingerprint density at radius 2 is 2.21 bits per heavy atom. The molecular formula is C13H18F2N2O2. The zero-order valence-corrected chi connectivity index (χ0v) is 10.8. The second kappa shape index (κ2) is 7.81. The molecule has 3 N–H and O–H groups in total. The number of hydrogen-bond acceptors (Lipinski definition) is 3. The van der Waals surface area contributed by atoms with Gasteiger partial charge in [0.25, 0.3) is 0 Å². The molecular weight excluding hydrogens is 254 g/mol. The van der Waals surface area contributed by atoms with Gasteiger partial charge in [-0.2, -0.15) is 0 Å². The summed E-state index contributed by atoms with van der Waals surface area (Å²) in [7, 11) is 1.55. The van der Waals surface area contributed by atoms with Crippen LogP contribution in [0.2, 0.25) is 0 Å². The summed E-state index contributed by atoms with van der Waals surface area (Å²) in [4.78, 5) is 11.5. The maximum atomic E-state index is 13.3. The topological polar surface area (TPSA) is 64.3 Å². The molecule has 1 amide bonds. The van der Waals surface area contributed by atoms with E-state index in [1.165, 1.54) is 6.07 Å². The van der Waals surface area contributed by atoms with Crippen molar-refractivity contribution in [1.82, 2.24) is 5.32 Å². The Hall–Kier alpha value is -1.53. The molecule has 0 bridgehead atoms. The van der Waals surface area contributed by atoms with Gasteiger partial charge in [0.1, 0.15) is 11.6 Å². The van der Waals surface area contributed by atoms with E-state index >= 15 is 0 Å². The van der Waals surface area contributed by atoms with Crippen LogP contribution in [0.1, 0.15) is 12.0 Å². The van der Waals surface area contributed by atoms with Crippen molar-refractivity contribution in [3.8, 4) is 0 Å². The van der Waals surface area contributed by atoms with Gasteiger partial charge in [0.15, 0.2) is 0 Å². The molecule has 1 atom stereocenters. The summed E-state index contributed by atoms with van der Waals surface area (Å²) >= 11 is 0. The molecule has 0 aliphatic carbocycles. The molecule has 1 rings (SSSR count). The fourth-order valence-corrected chi connectivity index (χ4v) is 1.59. The van der Waals surface area contributed by atoms with Crippen LogP contribution >= 0.6 is 0 Å². The number of amides is 1. The molecule has 0 aliphatic heterocycles. The van der Waals surface area contributed by atoms with Crippen LogP contribution in [0.15, 0.2) is 18.2 Å². The fourth-order valence-electron chi connectivity index (χ4n) is 1.59. The number of rotatable bonds is 7. The average molecular weight is 272 g/mol. The molecule has 0 saturated heterocycles. The van der Waals surface area contributed by atoms with Crippen molar-refractivity contribution in [1.29, 1.82) is 0 Å². The highest BCUT2D eigenvalue weighted by Gasteiger charge is 2.09. The molecule has 0 fully saturated rings. The normalized spacial score (nSPS) is 12.2. The zero-order chi connectivity index (χ0) is 14.3. The number of halogens is 2. The molecule has 1 aromatic rings. The van der Waals surface area contributed by atoms with Crippen molar-refractivity contribution in [2.24, 2.45) is 5.73 Å². The molecule has 0 spiro atoms. The van der Waals surface area contributed by atoms with E-state index < -0.39 is 11.6 Å². The fraction of sp³-hybridized carbons (Fsp3) is 0.462. The Morgan fingerprint density at radius 1 is 1.47 bits per heavy atom. The van der Waals surface area contributed by atoms with Crippen LogP contribution in [0.3, 0.4) is 0 Å². The van der Waals surface area contributed by atoms with Gasteiger partial charge < -0.3 is 15.8 Å². The van der Waals surface area contributed by atoms with Crippen LogP contribution in [0.5, 0.6) is 0 Å². The van der Waals surface area contributed by atoms with Gasteiger partial charge in [0, 0.05) is 25.8 Å². The van der Waals surface area contributed by atoms with Gasteiger partial charge in [-0.1, -0.05) is 6.07 Å². The van der Waals surface area contributed by atoms with Gasteiger partial charge in [-0.15, -0.1) is 0 Å². The summed E-state index contributed by atoms with van der Waals surface area (Å²) in [5.41, 5.74) is 5.85. The molecule has 4 nitrogen and oxygen atoms in total. The first-order valence-corrected chi connectivity index (χ1v) is 5.98. The van der Waals surface area contributed by atoms with E-state index in [2.05, 4.69) is 5.32 Å². The van der Waals surface area contributed by atoms with Crippen LogP contribution in [0, 0.1) is 11.6 Å². The molecule has 1 aromatic carbocycles. The SMILES string of the molecule is COCC(N)CCNC(=O)Cc1ccc(F)cc1F. The standard InChI is InChI=1S/C13H18F2N2O2/c1-19-8-11(16)4-5-17-13(18)6-9-2-3-10(14)7-12(9)15/h2-3,7,11H,4-6,8,16H2,1H3,(H,17,18). The number of methoxy groups -OCH3 is 1. The lowest BCUT2D eigenvalue weighted by atomic mass is 10.1. The molecule has 106 valence electrons. The number of carbonyl (C=O) groups excluding carboxylic acids is 1. The van der Waals surface area contributed by atoms with Gasteiger partial charge >= 0.3 is 0 Å². The maximum Gasteiger partial charge on any atom is 0.224 e. The Bertz CT molecular complexity index is 427. The number of ether oxygens (including phenoxy) is 1. The van der Waals surface area contributed by atoms with E-state index in [9.17, 15) is 13.6 Å². The quantitative estimate of drug-likeness (QED) is 0.778. The molecule has 0 radical (unpaired) electrons. The molecule has 1 unspecified atom stereocenters. The van der Waals surface area contributed by atoms with Gasteiger partial charge in [-0.05, 0) is 18.1 Å². The van der Waals surface area contributed by atoms with Crippen molar-refractivity contribution < 1.29 is 18.3 Å². The van der Waals surface area contributed by atoms with E-state index in [1.807, 2.05) is 0 Å². The molecule has 0 aromatic heterocycles. The van der Waals surface area contributed by atoms with E-state index in [0.717, 1.165) is 12.1 Å². The Morgan fingerprint density at radius 3 is 2.84 bits per heavy atom. The predicted octanol–water partition coefficient (Wildman–Crippen LogP) is 0.987. The van der Waals surface area contributed by atoms with Gasteiger partial charge in [0.05, 0.1) is 13.0 Å². The molecule has 0 heterocycles. The molecule has 19 heavy (non-hydrogen) atoms. The van der Waals surface area contributed by atoms with Crippen molar-refractivity contribution in [3.05, 3.63) is 35.4 Å². The van der Waals surface area contributed by atoms with E-state index in [0.29, 0.717) is 19.6 Å². The Kier molecular flexibility index (Phi) is 6.38. The Labute approximate surface area is 110 Å². The molecule has 0 saturated carbocycles. The largest absolute Gasteiger partial charge is 0.383 e. The third-order valence-corrected chi connectivity index (χ3v) is 2.58. The smallest absolute Gasteiger partial charge is 0.224 e. The minimum Gasteiger partial charge on any atom is -0.383 e. The number of nitrogens with one attached hydrogen (secondary N) is 1. The lowest BCUT2D eigenvalue weighted by molar-refractivity contribution is -0.120. The summed E-state index contributed by atoms with van der Waals surface area (Å²) in [6.45, 7) is 0.814. The van der Waals surface area contributed by atoms with Crippen molar-refractivity contribution in [2.75, 3.05) is 20.3 Å². The number of carbonyl (C=O) groups is 1. The first-order chi connectivity index (χ1) is 9.02. The van der Waals surface area contributed by atoms with Crippen LogP contribution in [-0.2, 0) is 16.0 Å². The first kappa shape index (κ1) is 15.5. The molecule has 0 aliphatic rings. The van der Waals surface area contributed by atoms with Gasteiger partial charge in [-0.3, -0.25) is 4.79 Å². The van der Waals surface area contributed by atoms with Crippen molar-refractivity contribution in [2.45, 2.75) is 18.9 Å². The van der Waals surface area contributed by atoms with Crippen LogP contribution in [0.4, 0.5) is 8.78 Å². The van der Waals surface area contributed by atoms with E-state index in [4.69, 9.17) is 10.5 Å². The van der Waals surface area contributed by atoms with E-state index in [-0.39, 0.29) is 23.9 Å². The van der Waals surface area contributed by atoms with Crippen LogP contribution < -0.4 is 11.1 Å². The lowest BCUT2D eigenvalue weighted by Gasteiger charge is -2.11. The third-order valence-electron chi connectivity index (χ3n) is 2.58. The van der Waals surface area contributed by atoms with Crippen molar-refractivity contribution in [3.63, 3.8) is 0 Å². The second-order valence-electron chi connectivity index (χ2n) is 4.27. The number of nitrogens with two attached hydrogens (primary N) is 1. The number of benzene rings is 1. The predicted molar refractivity (Wildman–Crippen MR) is 67.5 cm³/mol. The second-order valence-corrected chi connectivity index (χ2v) is 4.27. The van der Waals surface area contributed by atoms with E-state index in [1.54, 1.807) is 7.11 Å². The Balaban J connectivity index is 2.35. The average Bonchev–Trinajstić information content (AvgIpc) is 2.33. The summed E-state index contributed by atoms with van der Waals surface area (Å²) < 4.78 is 30.8. The summed E-state index contributed by atoms with van der Waals surface area (Å²) in [6.07, 6.45) is 0.455. The molecule has 6 heteroatoms. The maximum absolute atomic E-state index is 13.3. The minimum absolute atomic E-state index is 0.119. The van der Waals surface area contributed by atoms with Crippen LogP contribution in [0.25, 0.3) is 0 Å².